The SMILES string of the molecule is CC(C1CCC(N)CC1)C1CCC(N)CC1.CCCC(C1CCC(N)CC1)C1CCC(N)CC1. The van der Waals surface area contributed by atoms with Crippen LogP contribution in [0.25, 0.3) is 0 Å². The van der Waals surface area contributed by atoms with Gasteiger partial charge in [0.05, 0.1) is 0 Å². The fraction of sp³-hybridized carbons (Fsp3) is 1.00. The summed E-state index contributed by atoms with van der Waals surface area (Å²) >= 11 is 0. The molecular weight excluding hydrogens is 416 g/mol. The minimum absolute atomic E-state index is 0.489. The Bertz CT molecular complexity index is 478. The summed E-state index contributed by atoms with van der Waals surface area (Å²) in [4.78, 5) is 0. The van der Waals surface area contributed by atoms with Crippen molar-refractivity contribution in [3.8, 4) is 0 Å². The molecule has 0 aliphatic heterocycles. The third-order valence-corrected chi connectivity index (χ3v) is 10.6. The zero-order chi connectivity index (χ0) is 24.5. The first-order chi connectivity index (χ1) is 16.4. The Morgan fingerprint density at radius 3 is 1.00 bits per heavy atom. The summed E-state index contributed by atoms with van der Waals surface area (Å²) in [6.45, 7) is 4.82. The molecule has 4 nitrogen and oxygen atoms in total. The van der Waals surface area contributed by atoms with Crippen molar-refractivity contribution in [2.75, 3.05) is 0 Å². The molecule has 0 unspecified atom stereocenters. The molecule has 8 N–H and O–H groups in total. The molecule has 0 spiro atoms. The van der Waals surface area contributed by atoms with Crippen LogP contribution in [0.5, 0.6) is 0 Å². The Morgan fingerprint density at radius 1 is 0.471 bits per heavy atom. The van der Waals surface area contributed by atoms with Crippen LogP contribution in [-0.2, 0) is 0 Å². The van der Waals surface area contributed by atoms with E-state index in [1.165, 1.54) is 116 Å². The minimum atomic E-state index is 0.489. The van der Waals surface area contributed by atoms with Gasteiger partial charge in [-0.3, -0.25) is 0 Å². The van der Waals surface area contributed by atoms with Gasteiger partial charge in [0.1, 0.15) is 0 Å². The van der Waals surface area contributed by atoms with Crippen molar-refractivity contribution in [1.82, 2.24) is 0 Å². The highest BCUT2D eigenvalue weighted by Crippen LogP contribution is 2.42. The van der Waals surface area contributed by atoms with E-state index in [4.69, 9.17) is 22.9 Å². The number of nitrogens with two attached hydrogens (primary N) is 4. The second-order valence-corrected chi connectivity index (χ2v) is 13.0. The molecule has 4 aliphatic rings. The van der Waals surface area contributed by atoms with Crippen LogP contribution in [0, 0.1) is 35.5 Å². The summed E-state index contributed by atoms with van der Waals surface area (Å²) in [6, 6.07) is 1.96. The van der Waals surface area contributed by atoms with Crippen molar-refractivity contribution in [3.05, 3.63) is 0 Å². The molecule has 4 rings (SSSR count). The van der Waals surface area contributed by atoms with Gasteiger partial charge >= 0.3 is 0 Å². The largest absolute Gasteiger partial charge is 0.328 e. The zero-order valence-electron chi connectivity index (χ0n) is 22.8. The Balaban J connectivity index is 0.000000192. The average Bonchev–Trinajstić information content (AvgIpc) is 2.85. The monoisotopic (exact) mass is 476 g/mol. The van der Waals surface area contributed by atoms with Gasteiger partial charge in [0, 0.05) is 24.2 Å². The van der Waals surface area contributed by atoms with Crippen molar-refractivity contribution in [2.45, 2.75) is 154 Å². The van der Waals surface area contributed by atoms with E-state index in [1.807, 2.05) is 0 Å². The van der Waals surface area contributed by atoms with E-state index in [-0.39, 0.29) is 0 Å². The Hall–Kier alpha value is -0.160. The lowest BCUT2D eigenvalue weighted by Gasteiger charge is -2.40. The normalized spacial score (nSPS) is 41.1. The maximum Gasteiger partial charge on any atom is 0.00390 e. The Labute approximate surface area is 212 Å². The number of hydrogen-bond acceptors (Lipinski definition) is 4. The molecule has 0 heterocycles. The first-order valence-electron chi connectivity index (χ1n) is 15.4. The molecule has 4 heteroatoms. The first kappa shape index (κ1) is 28.4. The van der Waals surface area contributed by atoms with Crippen LogP contribution in [0.4, 0.5) is 0 Å². The van der Waals surface area contributed by atoms with Gasteiger partial charge < -0.3 is 22.9 Å². The lowest BCUT2D eigenvalue weighted by Crippen LogP contribution is -2.35. The van der Waals surface area contributed by atoms with E-state index in [9.17, 15) is 0 Å². The quantitative estimate of drug-likeness (QED) is 0.372. The molecule has 200 valence electrons. The lowest BCUT2D eigenvalue weighted by molar-refractivity contribution is 0.124. The summed E-state index contributed by atoms with van der Waals surface area (Å²) < 4.78 is 0. The standard InChI is InChI=1S/C16H32N2.C14H28N2/c1-2-3-16(12-4-8-14(17)9-5-12)13-6-10-15(18)11-7-13;1-10(11-2-6-13(15)7-3-11)12-4-8-14(16)9-5-12/h12-16H,2-11,17-18H2,1H3;10-14H,2-9,15-16H2,1H3. The van der Waals surface area contributed by atoms with Gasteiger partial charge in [0.2, 0.25) is 0 Å². The van der Waals surface area contributed by atoms with Gasteiger partial charge in [-0.25, -0.2) is 0 Å². The zero-order valence-corrected chi connectivity index (χ0v) is 22.8. The van der Waals surface area contributed by atoms with Crippen LogP contribution in [0.15, 0.2) is 0 Å². The molecule has 0 aromatic carbocycles. The molecule has 34 heavy (non-hydrogen) atoms. The smallest absolute Gasteiger partial charge is 0.00390 e. The molecular formula is C30H60N4. The van der Waals surface area contributed by atoms with Gasteiger partial charge in [-0.1, -0.05) is 26.7 Å². The van der Waals surface area contributed by atoms with E-state index < -0.39 is 0 Å². The fourth-order valence-electron chi connectivity index (χ4n) is 8.06. The summed E-state index contributed by atoms with van der Waals surface area (Å²) in [5.41, 5.74) is 24.1. The first-order valence-corrected chi connectivity index (χ1v) is 15.4. The molecule has 0 radical (unpaired) electrons. The average molecular weight is 477 g/mol. The van der Waals surface area contributed by atoms with E-state index in [1.54, 1.807) is 0 Å². The van der Waals surface area contributed by atoms with Crippen LogP contribution in [0.1, 0.15) is 129 Å². The van der Waals surface area contributed by atoms with Gasteiger partial charge in [-0.15, -0.1) is 0 Å². The van der Waals surface area contributed by atoms with Crippen molar-refractivity contribution >= 4 is 0 Å². The van der Waals surface area contributed by atoms with Gasteiger partial charge in [0.15, 0.2) is 0 Å². The van der Waals surface area contributed by atoms with E-state index in [0.717, 1.165) is 35.5 Å². The summed E-state index contributed by atoms with van der Waals surface area (Å²) in [6.07, 6.45) is 23.8. The van der Waals surface area contributed by atoms with Crippen LogP contribution in [0.2, 0.25) is 0 Å². The Kier molecular flexibility index (Phi) is 12.2. The van der Waals surface area contributed by atoms with Crippen LogP contribution < -0.4 is 22.9 Å². The van der Waals surface area contributed by atoms with Gasteiger partial charge in [-0.05, 0) is 138 Å². The highest BCUT2D eigenvalue weighted by atomic mass is 14.7. The summed E-state index contributed by atoms with van der Waals surface area (Å²) in [5, 5.41) is 0. The van der Waals surface area contributed by atoms with Crippen molar-refractivity contribution in [1.29, 1.82) is 0 Å². The third-order valence-electron chi connectivity index (χ3n) is 10.6. The Morgan fingerprint density at radius 2 is 0.735 bits per heavy atom. The van der Waals surface area contributed by atoms with Gasteiger partial charge in [0.25, 0.3) is 0 Å². The topological polar surface area (TPSA) is 104 Å². The molecule has 0 aromatic heterocycles. The van der Waals surface area contributed by atoms with Crippen molar-refractivity contribution in [2.24, 2.45) is 58.4 Å². The highest BCUT2D eigenvalue weighted by Gasteiger charge is 2.33. The highest BCUT2D eigenvalue weighted by molar-refractivity contribution is 4.86. The molecule has 0 atom stereocenters. The van der Waals surface area contributed by atoms with E-state index in [0.29, 0.717) is 24.2 Å². The molecule has 0 aromatic rings. The van der Waals surface area contributed by atoms with Crippen LogP contribution >= 0.6 is 0 Å². The second-order valence-electron chi connectivity index (χ2n) is 13.0. The van der Waals surface area contributed by atoms with E-state index in [2.05, 4.69) is 13.8 Å². The second kappa shape index (κ2) is 14.5. The lowest BCUT2D eigenvalue weighted by atomic mass is 9.67. The molecule has 0 bridgehead atoms. The van der Waals surface area contributed by atoms with Crippen LogP contribution in [0.3, 0.4) is 0 Å². The molecule has 0 amide bonds. The maximum atomic E-state index is 6.05. The van der Waals surface area contributed by atoms with Crippen LogP contribution in [-0.4, -0.2) is 24.2 Å². The fourth-order valence-corrected chi connectivity index (χ4v) is 8.06. The predicted molar refractivity (Wildman–Crippen MR) is 147 cm³/mol. The summed E-state index contributed by atoms with van der Waals surface area (Å²) in [7, 11) is 0. The van der Waals surface area contributed by atoms with Crippen molar-refractivity contribution in [3.63, 3.8) is 0 Å². The molecule has 4 aliphatic carbocycles. The predicted octanol–water partition coefficient (Wildman–Crippen LogP) is 6.10. The molecule has 4 fully saturated rings. The van der Waals surface area contributed by atoms with Crippen molar-refractivity contribution < 1.29 is 0 Å². The van der Waals surface area contributed by atoms with E-state index >= 15 is 0 Å². The molecule has 4 saturated carbocycles. The number of hydrogen-bond donors (Lipinski definition) is 4. The molecule has 0 saturated heterocycles. The third kappa shape index (κ3) is 8.75. The van der Waals surface area contributed by atoms with Gasteiger partial charge in [-0.2, -0.15) is 0 Å². The summed E-state index contributed by atoms with van der Waals surface area (Å²) in [5.74, 6) is 5.68. The number of rotatable bonds is 6. The minimum Gasteiger partial charge on any atom is -0.328 e. The maximum absolute atomic E-state index is 6.05.